The summed E-state index contributed by atoms with van der Waals surface area (Å²) in [6.07, 6.45) is 3.30. The van der Waals surface area contributed by atoms with Gasteiger partial charge in [0.1, 0.15) is 5.75 Å². The molecule has 1 fully saturated rings. The normalized spacial score (nSPS) is 17.6. The standard InChI is InChI=1S/C16H25NO2/c1-3-19-16-7-6-13(2)12-14(16)15(8-11-18)17-9-4-5-10-17/h6-7,12,15,18H,3-5,8-11H2,1-2H3. The molecule has 1 atom stereocenters. The zero-order chi connectivity index (χ0) is 13.7. The summed E-state index contributed by atoms with van der Waals surface area (Å²) < 4.78 is 5.77. The predicted octanol–water partition coefficient (Wildman–Crippen LogP) is 2.91. The molecule has 0 saturated carbocycles. The highest BCUT2D eigenvalue weighted by Gasteiger charge is 2.25. The van der Waals surface area contributed by atoms with Gasteiger partial charge in [-0.2, -0.15) is 0 Å². The van der Waals surface area contributed by atoms with Gasteiger partial charge in [-0.15, -0.1) is 0 Å². The second kappa shape index (κ2) is 6.92. The Balaban J connectivity index is 2.30. The molecule has 3 heteroatoms. The first-order valence-corrected chi connectivity index (χ1v) is 7.34. The lowest BCUT2D eigenvalue weighted by Gasteiger charge is -2.29. The second-order valence-corrected chi connectivity index (χ2v) is 5.25. The van der Waals surface area contributed by atoms with Crippen LogP contribution in [0.25, 0.3) is 0 Å². The number of aliphatic hydroxyl groups excluding tert-OH is 1. The minimum atomic E-state index is 0.223. The van der Waals surface area contributed by atoms with E-state index in [-0.39, 0.29) is 12.6 Å². The summed E-state index contributed by atoms with van der Waals surface area (Å²) in [5.74, 6) is 0.971. The van der Waals surface area contributed by atoms with Crippen LogP contribution in [0, 0.1) is 6.92 Å². The third-order valence-electron chi connectivity index (χ3n) is 3.81. The molecule has 1 unspecified atom stereocenters. The smallest absolute Gasteiger partial charge is 0.124 e. The summed E-state index contributed by atoms with van der Waals surface area (Å²) in [7, 11) is 0. The molecule has 0 aliphatic carbocycles. The molecule has 19 heavy (non-hydrogen) atoms. The Morgan fingerprint density at radius 3 is 2.68 bits per heavy atom. The molecule has 2 rings (SSSR count). The molecule has 1 saturated heterocycles. The fourth-order valence-electron chi connectivity index (χ4n) is 2.93. The highest BCUT2D eigenvalue weighted by atomic mass is 16.5. The van der Waals surface area contributed by atoms with Gasteiger partial charge in [0.2, 0.25) is 0 Å². The quantitative estimate of drug-likeness (QED) is 0.856. The van der Waals surface area contributed by atoms with Crippen molar-refractivity contribution in [2.24, 2.45) is 0 Å². The third kappa shape index (κ3) is 3.48. The minimum absolute atomic E-state index is 0.223. The van der Waals surface area contributed by atoms with Crippen LogP contribution in [0.15, 0.2) is 18.2 Å². The van der Waals surface area contributed by atoms with Gasteiger partial charge in [-0.25, -0.2) is 0 Å². The summed E-state index contributed by atoms with van der Waals surface area (Å²) >= 11 is 0. The molecule has 1 aliphatic heterocycles. The average molecular weight is 263 g/mol. The van der Waals surface area contributed by atoms with Crippen LogP contribution < -0.4 is 4.74 Å². The molecule has 0 amide bonds. The Hall–Kier alpha value is -1.06. The van der Waals surface area contributed by atoms with Crippen LogP contribution in [0.2, 0.25) is 0 Å². The summed E-state index contributed by atoms with van der Waals surface area (Å²) in [5, 5.41) is 9.38. The Morgan fingerprint density at radius 1 is 1.32 bits per heavy atom. The number of rotatable bonds is 6. The molecule has 1 aromatic carbocycles. The predicted molar refractivity (Wildman–Crippen MR) is 77.6 cm³/mol. The third-order valence-corrected chi connectivity index (χ3v) is 3.81. The van der Waals surface area contributed by atoms with E-state index in [0.717, 1.165) is 25.3 Å². The maximum atomic E-state index is 9.38. The molecule has 0 aromatic heterocycles. The molecular formula is C16H25NO2. The molecule has 1 aliphatic rings. The largest absolute Gasteiger partial charge is 0.494 e. The van der Waals surface area contributed by atoms with Crippen LogP contribution in [0.1, 0.15) is 43.4 Å². The lowest BCUT2D eigenvalue weighted by molar-refractivity contribution is 0.181. The molecule has 0 bridgehead atoms. The SMILES string of the molecule is CCOc1ccc(C)cc1C(CCO)N1CCCC1. The van der Waals surface area contributed by atoms with Gasteiger partial charge in [0, 0.05) is 18.2 Å². The van der Waals surface area contributed by atoms with Crippen LogP contribution >= 0.6 is 0 Å². The molecule has 1 aromatic rings. The van der Waals surface area contributed by atoms with Crippen molar-refractivity contribution in [1.29, 1.82) is 0 Å². The lowest BCUT2D eigenvalue weighted by atomic mass is 9.99. The summed E-state index contributed by atoms with van der Waals surface area (Å²) in [6.45, 7) is 7.29. The van der Waals surface area contributed by atoms with Gasteiger partial charge in [-0.05, 0) is 52.3 Å². The monoisotopic (exact) mass is 263 g/mol. The number of hydrogen-bond donors (Lipinski definition) is 1. The van der Waals surface area contributed by atoms with Crippen molar-refractivity contribution >= 4 is 0 Å². The van der Waals surface area contributed by atoms with E-state index in [4.69, 9.17) is 4.74 Å². The fraction of sp³-hybridized carbons (Fsp3) is 0.625. The van der Waals surface area contributed by atoms with Gasteiger partial charge >= 0.3 is 0 Å². The van der Waals surface area contributed by atoms with Crippen molar-refractivity contribution in [2.75, 3.05) is 26.3 Å². The lowest BCUT2D eigenvalue weighted by Crippen LogP contribution is -2.27. The Bertz CT molecular complexity index is 400. The van der Waals surface area contributed by atoms with Gasteiger partial charge in [0.25, 0.3) is 0 Å². The number of benzene rings is 1. The number of aryl methyl sites for hydroxylation is 1. The maximum Gasteiger partial charge on any atom is 0.124 e. The second-order valence-electron chi connectivity index (χ2n) is 5.25. The number of likely N-dealkylation sites (tertiary alicyclic amines) is 1. The van der Waals surface area contributed by atoms with E-state index in [1.165, 1.54) is 24.0 Å². The Labute approximate surface area is 116 Å². The summed E-state index contributed by atoms with van der Waals surface area (Å²) in [6, 6.07) is 6.65. The van der Waals surface area contributed by atoms with E-state index in [1.807, 2.05) is 6.92 Å². The molecule has 3 nitrogen and oxygen atoms in total. The van der Waals surface area contributed by atoms with Crippen LogP contribution in [-0.4, -0.2) is 36.3 Å². The Morgan fingerprint density at radius 2 is 2.05 bits per heavy atom. The fourth-order valence-corrected chi connectivity index (χ4v) is 2.93. The highest BCUT2D eigenvalue weighted by Crippen LogP contribution is 2.34. The topological polar surface area (TPSA) is 32.7 Å². The first-order chi connectivity index (χ1) is 9.26. The van der Waals surface area contributed by atoms with Crippen LogP contribution in [0.4, 0.5) is 0 Å². The van der Waals surface area contributed by atoms with E-state index < -0.39 is 0 Å². The van der Waals surface area contributed by atoms with Gasteiger partial charge < -0.3 is 9.84 Å². The number of nitrogens with zero attached hydrogens (tertiary/aromatic N) is 1. The van der Waals surface area contributed by atoms with Crippen molar-refractivity contribution in [3.63, 3.8) is 0 Å². The first-order valence-electron chi connectivity index (χ1n) is 7.34. The van der Waals surface area contributed by atoms with Crippen molar-refractivity contribution in [3.05, 3.63) is 29.3 Å². The first kappa shape index (κ1) is 14.4. The van der Waals surface area contributed by atoms with Crippen molar-refractivity contribution < 1.29 is 9.84 Å². The molecule has 0 radical (unpaired) electrons. The molecule has 1 N–H and O–H groups in total. The average Bonchev–Trinajstić information content (AvgIpc) is 2.92. The zero-order valence-corrected chi connectivity index (χ0v) is 12.1. The van der Waals surface area contributed by atoms with Crippen LogP contribution in [0.3, 0.4) is 0 Å². The Kier molecular flexibility index (Phi) is 5.23. The minimum Gasteiger partial charge on any atom is -0.494 e. The van der Waals surface area contributed by atoms with Crippen molar-refractivity contribution in [3.8, 4) is 5.75 Å². The van der Waals surface area contributed by atoms with Crippen molar-refractivity contribution in [2.45, 2.75) is 39.2 Å². The van der Waals surface area contributed by atoms with E-state index in [1.54, 1.807) is 0 Å². The van der Waals surface area contributed by atoms with Crippen LogP contribution in [0.5, 0.6) is 5.75 Å². The van der Waals surface area contributed by atoms with E-state index in [0.29, 0.717) is 6.61 Å². The highest BCUT2D eigenvalue weighted by molar-refractivity contribution is 5.39. The van der Waals surface area contributed by atoms with Gasteiger partial charge in [-0.1, -0.05) is 17.7 Å². The molecule has 106 valence electrons. The maximum absolute atomic E-state index is 9.38. The van der Waals surface area contributed by atoms with Gasteiger partial charge in [-0.3, -0.25) is 4.90 Å². The number of aliphatic hydroxyl groups is 1. The van der Waals surface area contributed by atoms with E-state index in [2.05, 4.69) is 30.0 Å². The summed E-state index contributed by atoms with van der Waals surface area (Å²) in [4.78, 5) is 2.48. The summed E-state index contributed by atoms with van der Waals surface area (Å²) in [5.41, 5.74) is 2.48. The zero-order valence-electron chi connectivity index (χ0n) is 12.1. The number of ether oxygens (including phenoxy) is 1. The van der Waals surface area contributed by atoms with E-state index in [9.17, 15) is 5.11 Å². The molecule has 1 heterocycles. The van der Waals surface area contributed by atoms with Crippen LogP contribution in [-0.2, 0) is 0 Å². The van der Waals surface area contributed by atoms with Gasteiger partial charge in [0.05, 0.1) is 6.61 Å². The molecule has 0 spiro atoms. The van der Waals surface area contributed by atoms with Crippen molar-refractivity contribution in [1.82, 2.24) is 4.90 Å². The number of hydrogen-bond acceptors (Lipinski definition) is 3. The van der Waals surface area contributed by atoms with E-state index >= 15 is 0 Å². The molecular weight excluding hydrogens is 238 g/mol. The van der Waals surface area contributed by atoms with Gasteiger partial charge in [0.15, 0.2) is 0 Å².